The Morgan fingerprint density at radius 1 is 1.50 bits per heavy atom. The van der Waals surface area contributed by atoms with Crippen molar-refractivity contribution in [1.29, 1.82) is 0 Å². The van der Waals surface area contributed by atoms with Crippen molar-refractivity contribution >= 4 is 55.1 Å². The molecule has 4 nitrogen and oxygen atoms in total. The molecule has 18 heavy (non-hydrogen) atoms. The molecule has 1 heterocycles. The minimum absolute atomic E-state index is 0.131. The van der Waals surface area contributed by atoms with E-state index in [1.54, 1.807) is 6.07 Å². The number of carboxylic acids is 1. The van der Waals surface area contributed by atoms with Gasteiger partial charge in [0.05, 0.1) is 8.66 Å². The molecule has 1 aromatic heterocycles. The Labute approximate surface area is 126 Å². The molecule has 0 bridgehead atoms. The molecule has 0 aliphatic rings. The van der Waals surface area contributed by atoms with Crippen LogP contribution >= 0.6 is 43.2 Å². The number of hydrogen-bond donors (Lipinski definition) is 2. The molecular formula is C11H13Br2NO3S. The van der Waals surface area contributed by atoms with E-state index in [-0.39, 0.29) is 18.2 Å². The lowest BCUT2D eigenvalue weighted by Gasteiger charge is -2.10. The topological polar surface area (TPSA) is 66.4 Å². The molecule has 0 saturated heterocycles. The van der Waals surface area contributed by atoms with Gasteiger partial charge in [0.15, 0.2) is 0 Å². The number of thiophene rings is 1. The highest BCUT2D eigenvalue weighted by Gasteiger charge is 2.13. The van der Waals surface area contributed by atoms with Gasteiger partial charge in [-0.1, -0.05) is 6.92 Å². The first-order valence-electron chi connectivity index (χ1n) is 5.35. The van der Waals surface area contributed by atoms with Crippen LogP contribution in [0.5, 0.6) is 0 Å². The summed E-state index contributed by atoms with van der Waals surface area (Å²) in [5.41, 5.74) is 0. The molecule has 0 fully saturated rings. The van der Waals surface area contributed by atoms with Crippen LogP contribution in [0.4, 0.5) is 0 Å². The molecule has 0 radical (unpaired) electrons. The fraction of sp³-hybridized carbons (Fsp3) is 0.455. The Morgan fingerprint density at radius 2 is 2.17 bits per heavy atom. The first-order valence-corrected chi connectivity index (χ1v) is 7.75. The quantitative estimate of drug-likeness (QED) is 0.770. The maximum Gasteiger partial charge on any atom is 0.303 e. The summed E-state index contributed by atoms with van der Waals surface area (Å²) in [5.74, 6) is -0.787. The van der Waals surface area contributed by atoms with E-state index in [9.17, 15) is 9.59 Å². The van der Waals surface area contributed by atoms with Crippen molar-refractivity contribution in [3.8, 4) is 0 Å². The van der Waals surface area contributed by atoms with Crippen molar-refractivity contribution in [1.82, 2.24) is 5.32 Å². The molecule has 0 spiro atoms. The molecule has 7 heteroatoms. The Bertz CT molecular complexity index is 428. The number of halogens is 2. The fourth-order valence-corrected chi connectivity index (χ4v) is 3.24. The van der Waals surface area contributed by atoms with E-state index in [1.165, 1.54) is 11.3 Å². The zero-order chi connectivity index (χ0) is 13.7. The highest BCUT2D eigenvalue weighted by Crippen LogP contribution is 2.32. The summed E-state index contributed by atoms with van der Waals surface area (Å²) >= 11 is 8.01. The van der Waals surface area contributed by atoms with Crippen molar-refractivity contribution in [3.05, 3.63) is 19.2 Å². The minimum atomic E-state index is -0.806. The van der Waals surface area contributed by atoms with Gasteiger partial charge < -0.3 is 10.4 Å². The Hall–Kier alpha value is -0.400. The van der Waals surface area contributed by atoms with Crippen LogP contribution in [0.1, 0.15) is 29.4 Å². The van der Waals surface area contributed by atoms with Gasteiger partial charge in [0, 0.05) is 17.4 Å². The lowest BCUT2D eigenvalue weighted by Crippen LogP contribution is -2.27. The third kappa shape index (κ3) is 5.07. The van der Waals surface area contributed by atoms with Gasteiger partial charge in [-0.3, -0.25) is 9.59 Å². The lowest BCUT2D eigenvalue weighted by atomic mass is 10.1. The molecule has 0 saturated carbocycles. The molecule has 0 aromatic carbocycles. The van der Waals surface area contributed by atoms with Crippen molar-refractivity contribution in [2.24, 2.45) is 5.92 Å². The van der Waals surface area contributed by atoms with Crippen LogP contribution < -0.4 is 5.32 Å². The maximum atomic E-state index is 11.8. The molecule has 1 atom stereocenters. The molecular weight excluding hydrogens is 386 g/mol. The van der Waals surface area contributed by atoms with E-state index in [2.05, 4.69) is 37.2 Å². The zero-order valence-corrected chi connectivity index (χ0v) is 13.7. The van der Waals surface area contributed by atoms with Crippen molar-refractivity contribution < 1.29 is 14.7 Å². The summed E-state index contributed by atoms with van der Waals surface area (Å²) in [6.45, 7) is 2.41. The minimum Gasteiger partial charge on any atom is -0.481 e. The average molecular weight is 399 g/mol. The second-order valence-corrected chi connectivity index (χ2v) is 7.20. The van der Waals surface area contributed by atoms with Gasteiger partial charge in [-0.15, -0.1) is 11.3 Å². The van der Waals surface area contributed by atoms with Gasteiger partial charge in [0.25, 0.3) is 5.91 Å². The van der Waals surface area contributed by atoms with Crippen molar-refractivity contribution in [2.45, 2.75) is 19.8 Å². The smallest absolute Gasteiger partial charge is 0.303 e. The lowest BCUT2D eigenvalue weighted by molar-refractivity contribution is -0.137. The van der Waals surface area contributed by atoms with Gasteiger partial charge in [-0.25, -0.2) is 0 Å². The summed E-state index contributed by atoms with van der Waals surface area (Å²) in [7, 11) is 0. The SMILES string of the molecule is CC(CCC(=O)O)CNC(=O)c1cc(Br)c(Br)s1. The summed E-state index contributed by atoms with van der Waals surface area (Å²) in [6, 6.07) is 1.76. The van der Waals surface area contributed by atoms with Gasteiger partial charge in [0.1, 0.15) is 0 Å². The number of amides is 1. The second-order valence-electron chi connectivity index (χ2n) is 3.98. The number of carboxylic acid groups (broad SMARTS) is 1. The van der Waals surface area contributed by atoms with E-state index in [4.69, 9.17) is 5.11 Å². The van der Waals surface area contributed by atoms with Crippen LogP contribution in [0.3, 0.4) is 0 Å². The predicted octanol–water partition coefficient (Wildman–Crippen LogP) is 3.50. The monoisotopic (exact) mass is 397 g/mol. The Morgan fingerprint density at radius 3 is 2.67 bits per heavy atom. The highest BCUT2D eigenvalue weighted by molar-refractivity contribution is 9.13. The summed E-state index contributed by atoms with van der Waals surface area (Å²) in [6.07, 6.45) is 0.695. The van der Waals surface area contributed by atoms with Crippen LogP contribution in [0.15, 0.2) is 14.3 Å². The summed E-state index contributed by atoms with van der Waals surface area (Å²) < 4.78 is 1.74. The summed E-state index contributed by atoms with van der Waals surface area (Å²) in [5, 5.41) is 11.4. The van der Waals surface area contributed by atoms with Gasteiger partial charge in [-0.05, 0) is 50.3 Å². The summed E-state index contributed by atoms with van der Waals surface area (Å²) in [4.78, 5) is 22.8. The van der Waals surface area contributed by atoms with E-state index < -0.39 is 5.97 Å². The maximum absolute atomic E-state index is 11.8. The molecule has 1 aromatic rings. The van der Waals surface area contributed by atoms with Crippen LogP contribution in [0.25, 0.3) is 0 Å². The van der Waals surface area contributed by atoms with Crippen LogP contribution in [-0.2, 0) is 4.79 Å². The first-order chi connectivity index (χ1) is 8.40. The van der Waals surface area contributed by atoms with Gasteiger partial charge in [0.2, 0.25) is 0 Å². The molecule has 0 aliphatic heterocycles. The van der Waals surface area contributed by atoms with Crippen molar-refractivity contribution in [3.63, 3.8) is 0 Å². The van der Waals surface area contributed by atoms with E-state index in [0.29, 0.717) is 17.8 Å². The zero-order valence-electron chi connectivity index (χ0n) is 9.70. The fourth-order valence-electron chi connectivity index (χ4n) is 1.28. The van der Waals surface area contributed by atoms with E-state index in [0.717, 1.165) is 8.26 Å². The Balaban J connectivity index is 2.39. The standard InChI is InChI=1S/C11H13Br2NO3S/c1-6(2-3-9(15)16)5-14-11(17)8-4-7(12)10(13)18-8/h4,6H,2-3,5H2,1H3,(H,14,17)(H,15,16). The van der Waals surface area contributed by atoms with Gasteiger partial charge >= 0.3 is 5.97 Å². The number of aliphatic carboxylic acids is 1. The molecule has 2 N–H and O–H groups in total. The largest absolute Gasteiger partial charge is 0.481 e. The molecule has 100 valence electrons. The number of hydrogen-bond acceptors (Lipinski definition) is 3. The first kappa shape index (κ1) is 15.7. The number of rotatable bonds is 6. The normalized spacial score (nSPS) is 12.2. The third-order valence-electron chi connectivity index (χ3n) is 2.33. The molecule has 1 rings (SSSR count). The molecule has 0 aliphatic carbocycles. The molecule has 1 amide bonds. The second kappa shape index (κ2) is 7.25. The predicted molar refractivity (Wildman–Crippen MR) is 78.1 cm³/mol. The van der Waals surface area contributed by atoms with E-state index >= 15 is 0 Å². The van der Waals surface area contributed by atoms with Crippen LogP contribution in [0.2, 0.25) is 0 Å². The van der Waals surface area contributed by atoms with Gasteiger partial charge in [-0.2, -0.15) is 0 Å². The van der Waals surface area contributed by atoms with Crippen molar-refractivity contribution in [2.75, 3.05) is 6.54 Å². The van der Waals surface area contributed by atoms with E-state index in [1.807, 2.05) is 6.92 Å². The number of nitrogens with one attached hydrogen (secondary N) is 1. The van der Waals surface area contributed by atoms with Crippen LogP contribution in [0, 0.1) is 5.92 Å². The van der Waals surface area contributed by atoms with Crippen LogP contribution in [-0.4, -0.2) is 23.5 Å². The molecule has 1 unspecified atom stereocenters. The third-order valence-corrected chi connectivity index (χ3v) is 5.59. The average Bonchev–Trinajstić information content (AvgIpc) is 2.64. The number of carbonyl (C=O) groups excluding carboxylic acids is 1. The number of carbonyl (C=O) groups is 2. The Kier molecular flexibility index (Phi) is 6.31. The highest BCUT2D eigenvalue weighted by atomic mass is 79.9.